The summed E-state index contributed by atoms with van der Waals surface area (Å²) in [5, 5.41) is 9.38. The Bertz CT molecular complexity index is 279. The van der Waals surface area contributed by atoms with Crippen molar-refractivity contribution in [3.63, 3.8) is 0 Å². The smallest absolute Gasteiger partial charge is 0.323 e. The largest absolute Gasteiger partial charge is 0.480 e. The van der Waals surface area contributed by atoms with Crippen LogP contribution in [0.25, 0.3) is 0 Å². The highest BCUT2D eigenvalue weighted by atomic mass is 16.4. The average molecular weight is 225 g/mol. The van der Waals surface area contributed by atoms with Crippen LogP contribution in [0.4, 0.5) is 0 Å². The van der Waals surface area contributed by atoms with Gasteiger partial charge in [-0.1, -0.05) is 13.3 Å². The molecule has 2 rings (SSSR count). The lowest BCUT2D eigenvalue weighted by atomic mass is 9.97. The van der Waals surface area contributed by atoms with Gasteiger partial charge < -0.3 is 5.11 Å². The van der Waals surface area contributed by atoms with Crippen LogP contribution in [0.1, 0.15) is 52.4 Å². The Morgan fingerprint density at radius 1 is 1.50 bits per heavy atom. The number of carbonyl (C=O) groups is 1. The topological polar surface area (TPSA) is 40.5 Å². The summed E-state index contributed by atoms with van der Waals surface area (Å²) in [6, 6.07) is 0.522. The molecule has 1 saturated carbocycles. The fourth-order valence-electron chi connectivity index (χ4n) is 3.50. The molecule has 3 nitrogen and oxygen atoms in total. The van der Waals surface area contributed by atoms with Crippen molar-refractivity contribution in [2.24, 2.45) is 5.92 Å². The van der Waals surface area contributed by atoms with Crippen LogP contribution in [0.5, 0.6) is 0 Å². The van der Waals surface area contributed by atoms with Crippen molar-refractivity contribution in [2.75, 3.05) is 6.54 Å². The van der Waals surface area contributed by atoms with E-state index in [4.69, 9.17) is 0 Å². The first-order valence-electron chi connectivity index (χ1n) is 6.58. The summed E-state index contributed by atoms with van der Waals surface area (Å²) in [5.41, 5.74) is -0.590. The van der Waals surface area contributed by atoms with Gasteiger partial charge >= 0.3 is 5.97 Å². The van der Waals surface area contributed by atoms with E-state index in [1.165, 1.54) is 25.7 Å². The van der Waals surface area contributed by atoms with Crippen LogP contribution in [0.2, 0.25) is 0 Å². The van der Waals surface area contributed by atoms with E-state index in [-0.39, 0.29) is 0 Å². The summed E-state index contributed by atoms with van der Waals surface area (Å²) >= 11 is 0. The van der Waals surface area contributed by atoms with Crippen LogP contribution in [0.15, 0.2) is 0 Å². The number of likely N-dealkylation sites (tertiary alicyclic amines) is 1. The van der Waals surface area contributed by atoms with Gasteiger partial charge in [0.05, 0.1) is 0 Å². The van der Waals surface area contributed by atoms with Gasteiger partial charge in [-0.3, -0.25) is 9.69 Å². The summed E-state index contributed by atoms with van der Waals surface area (Å²) in [5.74, 6) is 0.189. The molecule has 0 bridgehead atoms. The number of aliphatic carboxylic acids is 1. The Balaban J connectivity index is 2.07. The third kappa shape index (κ3) is 1.86. The van der Waals surface area contributed by atoms with Gasteiger partial charge in [0.2, 0.25) is 0 Å². The minimum Gasteiger partial charge on any atom is -0.480 e. The molecule has 2 aliphatic rings. The van der Waals surface area contributed by atoms with E-state index in [9.17, 15) is 9.90 Å². The second-order valence-corrected chi connectivity index (χ2v) is 5.62. The summed E-state index contributed by atoms with van der Waals surface area (Å²) in [4.78, 5) is 13.7. The number of carboxylic acids is 1. The van der Waals surface area contributed by atoms with Crippen LogP contribution in [-0.2, 0) is 4.79 Å². The summed E-state index contributed by atoms with van der Waals surface area (Å²) in [6.45, 7) is 5.12. The number of nitrogens with zero attached hydrogens (tertiary/aromatic N) is 1. The van der Waals surface area contributed by atoms with Crippen LogP contribution in [0.3, 0.4) is 0 Å². The Kier molecular flexibility index (Phi) is 3.24. The molecule has 0 aromatic rings. The first-order chi connectivity index (χ1) is 7.58. The Morgan fingerprint density at radius 3 is 2.81 bits per heavy atom. The highest BCUT2D eigenvalue weighted by Crippen LogP contribution is 2.39. The van der Waals surface area contributed by atoms with E-state index in [1.807, 2.05) is 6.92 Å². The second-order valence-electron chi connectivity index (χ2n) is 5.62. The van der Waals surface area contributed by atoms with Gasteiger partial charge in [-0.25, -0.2) is 0 Å². The average Bonchev–Trinajstić information content (AvgIpc) is 2.84. The summed E-state index contributed by atoms with van der Waals surface area (Å²) in [7, 11) is 0. The van der Waals surface area contributed by atoms with E-state index in [0.717, 1.165) is 25.3 Å². The Hall–Kier alpha value is -0.570. The van der Waals surface area contributed by atoms with E-state index in [0.29, 0.717) is 6.04 Å². The highest BCUT2D eigenvalue weighted by Gasteiger charge is 2.47. The molecule has 2 fully saturated rings. The SMILES string of the molecule is CCC1CCC(N2CCCC2(C)C(=O)O)C1. The molecule has 0 aromatic heterocycles. The van der Waals surface area contributed by atoms with Crippen molar-refractivity contribution in [2.45, 2.75) is 64.0 Å². The van der Waals surface area contributed by atoms with Gasteiger partial charge in [0.25, 0.3) is 0 Å². The maximum atomic E-state index is 11.4. The lowest BCUT2D eigenvalue weighted by Gasteiger charge is -2.36. The molecular weight excluding hydrogens is 202 g/mol. The van der Waals surface area contributed by atoms with Gasteiger partial charge in [-0.15, -0.1) is 0 Å². The fraction of sp³-hybridized carbons (Fsp3) is 0.923. The Labute approximate surface area is 97.8 Å². The third-order valence-corrected chi connectivity index (χ3v) is 4.69. The molecule has 3 atom stereocenters. The molecule has 3 heteroatoms. The Morgan fingerprint density at radius 2 is 2.25 bits per heavy atom. The van der Waals surface area contributed by atoms with Crippen LogP contribution >= 0.6 is 0 Å². The minimum absolute atomic E-state index is 0.522. The maximum Gasteiger partial charge on any atom is 0.323 e. The van der Waals surface area contributed by atoms with Crippen molar-refractivity contribution >= 4 is 5.97 Å². The van der Waals surface area contributed by atoms with Crippen LogP contribution in [-0.4, -0.2) is 34.1 Å². The summed E-state index contributed by atoms with van der Waals surface area (Å²) in [6.07, 6.45) is 6.79. The lowest BCUT2D eigenvalue weighted by Crippen LogP contribution is -2.51. The normalized spacial score (nSPS) is 40.4. The number of carboxylic acid groups (broad SMARTS) is 1. The zero-order valence-corrected chi connectivity index (χ0v) is 10.4. The fourth-order valence-corrected chi connectivity index (χ4v) is 3.50. The van der Waals surface area contributed by atoms with Crippen molar-refractivity contribution in [3.05, 3.63) is 0 Å². The minimum atomic E-state index is -0.634. The quantitative estimate of drug-likeness (QED) is 0.802. The van der Waals surface area contributed by atoms with Gasteiger partial charge in [0.15, 0.2) is 0 Å². The molecule has 1 heterocycles. The van der Waals surface area contributed by atoms with E-state index >= 15 is 0 Å². The van der Waals surface area contributed by atoms with Gasteiger partial charge in [-0.05, 0) is 51.5 Å². The summed E-state index contributed by atoms with van der Waals surface area (Å²) < 4.78 is 0. The molecule has 1 N–H and O–H groups in total. The van der Waals surface area contributed by atoms with Gasteiger partial charge in [0, 0.05) is 6.04 Å². The third-order valence-electron chi connectivity index (χ3n) is 4.69. The maximum absolute atomic E-state index is 11.4. The van der Waals surface area contributed by atoms with Crippen molar-refractivity contribution < 1.29 is 9.90 Å². The molecule has 16 heavy (non-hydrogen) atoms. The predicted octanol–water partition coefficient (Wildman–Crippen LogP) is 2.50. The number of hydrogen-bond donors (Lipinski definition) is 1. The van der Waals surface area contributed by atoms with Crippen molar-refractivity contribution in [1.29, 1.82) is 0 Å². The van der Waals surface area contributed by atoms with Crippen LogP contribution < -0.4 is 0 Å². The highest BCUT2D eigenvalue weighted by molar-refractivity contribution is 5.78. The van der Waals surface area contributed by atoms with Gasteiger partial charge in [0.1, 0.15) is 5.54 Å². The first-order valence-corrected chi connectivity index (χ1v) is 6.58. The number of rotatable bonds is 3. The second kappa shape index (κ2) is 4.36. The molecule has 92 valence electrons. The molecule has 0 radical (unpaired) electrons. The van der Waals surface area contributed by atoms with Crippen LogP contribution in [0, 0.1) is 5.92 Å². The predicted molar refractivity (Wildman–Crippen MR) is 63.4 cm³/mol. The molecule has 3 unspecified atom stereocenters. The molecular formula is C13H23NO2. The lowest BCUT2D eigenvalue weighted by molar-refractivity contribution is -0.150. The van der Waals surface area contributed by atoms with E-state index < -0.39 is 11.5 Å². The molecule has 0 aromatic carbocycles. The number of hydrogen-bond acceptors (Lipinski definition) is 2. The van der Waals surface area contributed by atoms with Crippen molar-refractivity contribution in [1.82, 2.24) is 4.90 Å². The standard InChI is InChI=1S/C13H23NO2/c1-3-10-5-6-11(9-10)14-8-4-7-13(14,2)12(15)16/h10-11H,3-9H2,1-2H3,(H,15,16). The molecule has 0 spiro atoms. The molecule has 0 amide bonds. The molecule has 1 aliphatic carbocycles. The van der Waals surface area contributed by atoms with E-state index in [1.54, 1.807) is 0 Å². The zero-order valence-electron chi connectivity index (χ0n) is 10.4. The zero-order chi connectivity index (χ0) is 11.8. The van der Waals surface area contributed by atoms with Crippen molar-refractivity contribution in [3.8, 4) is 0 Å². The molecule has 1 aliphatic heterocycles. The first kappa shape index (κ1) is 11.9. The monoisotopic (exact) mass is 225 g/mol. The molecule has 1 saturated heterocycles. The van der Waals surface area contributed by atoms with Gasteiger partial charge in [-0.2, -0.15) is 0 Å². The van der Waals surface area contributed by atoms with E-state index in [2.05, 4.69) is 11.8 Å².